The summed E-state index contributed by atoms with van der Waals surface area (Å²) in [5.41, 5.74) is 5.49. The largest absolute Gasteiger partial charge is 0.497 e. The van der Waals surface area contributed by atoms with E-state index in [9.17, 15) is 4.79 Å². The van der Waals surface area contributed by atoms with Gasteiger partial charge in [0.1, 0.15) is 11.3 Å². The van der Waals surface area contributed by atoms with E-state index in [-0.39, 0.29) is 0 Å². The molecular weight excluding hydrogens is 296 g/mol. The summed E-state index contributed by atoms with van der Waals surface area (Å²) in [6, 6.07) is 7.52. The summed E-state index contributed by atoms with van der Waals surface area (Å²) in [5, 5.41) is 11.1. The average molecular weight is 316 g/mol. The Bertz CT molecular complexity index is 705. The number of hydrazone groups is 1. The molecule has 0 bridgehead atoms. The number of hydrogen-bond donors (Lipinski definition) is 2. The molecule has 0 saturated carbocycles. The smallest absolute Gasteiger partial charge is 0.343 e. The van der Waals surface area contributed by atoms with Crippen LogP contribution in [0.1, 0.15) is 35.5 Å². The molecular formula is C16H20N4O3. The molecule has 0 aliphatic heterocycles. The zero-order valence-electron chi connectivity index (χ0n) is 13.6. The zero-order chi connectivity index (χ0) is 16.8. The molecule has 2 N–H and O–H groups in total. The third kappa shape index (κ3) is 3.88. The van der Waals surface area contributed by atoms with E-state index in [0.29, 0.717) is 23.7 Å². The van der Waals surface area contributed by atoms with E-state index in [2.05, 4.69) is 20.7 Å². The number of carbonyl (C=O) groups is 1. The first-order valence-electron chi connectivity index (χ1n) is 7.23. The second-order valence-electron chi connectivity index (χ2n) is 4.83. The fourth-order valence-electron chi connectivity index (χ4n) is 2.00. The van der Waals surface area contributed by atoms with Crippen LogP contribution in [0.25, 0.3) is 0 Å². The van der Waals surface area contributed by atoms with E-state index in [1.807, 2.05) is 31.2 Å². The Balaban J connectivity index is 2.17. The minimum absolute atomic E-state index is 0.303. The van der Waals surface area contributed by atoms with Crippen LogP contribution in [-0.4, -0.2) is 35.6 Å². The molecule has 0 spiro atoms. The Kier molecular flexibility index (Phi) is 5.35. The second kappa shape index (κ2) is 7.44. The van der Waals surface area contributed by atoms with Crippen LogP contribution in [0.4, 0.5) is 5.82 Å². The molecule has 7 nitrogen and oxygen atoms in total. The van der Waals surface area contributed by atoms with Crippen molar-refractivity contribution >= 4 is 17.5 Å². The summed E-state index contributed by atoms with van der Waals surface area (Å²) in [4.78, 5) is 11.9. The van der Waals surface area contributed by atoms with Crippen LogP contribution in [0.15, 0.2) is 29.4 Å². The molecule has 0 atom stereocenters. The summed E-state index contributed by atoms with van der Waals surface area (Å²) in [7, 11) is 1.62. The monoisotopic (exact) mass is 316 g/mol. The Morgan fingerprint density at radius 2 is 2.04 bits per heavy atom. The SMILES string of the molecule is CCOC(=O)c1c(N/N=C(\C)c2ccc(OC)cc2)n[nH]c1C. The van der Waals surface area contributed by atoms with Gasteiger partial charge in [-0.25, -0.2) is 4.79 Å². The Labute approximate surface area is 134 Å². The molecule has 0 radical (unpaired) electrons. The lowest BCUT2D eigenvalue weighted by atomic mass is 10.1. The number of ether oxygens (including phenoxy) is 2. The van der Waals surface area contributed by atoms with Gasteiger partial charge < -0.3 is 9.47 Å². The molecule has 0 fully saturated rings. The number of anilines is 1. The number of nitrogens with zero attached hydrogens (tertiary/aromatic N) is 2. The first-order chi connectivity index (χ1) is 11.1. The highest BCUT2D eigenvalue weighted by Gasteiger charge is 2.19. The molecule has 0 aliphatic rings. The molecule has 0 saturated heterocycles. The lowest BCUT2D eigenvalue weighted by molar-refractivity contribution is 0.0526. The van der Waals surface area contributed by atoms with Crippen LogP contribution in [0, 0.1) is 6.92 Å². The summed E-state index contributed by atoms with van der Waals surface area (Å²) in [5.74, 6) is 0.689. The maximum absolute atomic E-state index is 11.9. The third-order valence-electron chi connectivity index (χ3n) is 3.26. The molecule has 1 aromatic carbocycles. The molecule has 7 heteroatoms. The van der Waals surface area contributed by atoms with Gasteiger partial charge in [0, 0.05) is 5.69 Å². The van der Waals surface area contributed by atoms with Gasteiger partial charge in [-0.1, -0.05) is 0 Å². The van der Waals surface area contributed by atoms with Gasteiger partial charge in [-0.2, -0.15) is 10.2 Å². The number of nitrogens with one attached hydrogen (secondary N) is 2. The average Bonchev–Trinajstić information content (AvgIpc) is 2.93. The van der Waals surface area contributed by atoms with Crippen molar-refractivity contribution < 1.29 is 14.3 Å². The van der Waals surface area contributed by atoms with E-state index >= 15 is 0 Å². The van der Waals surface area contributed by atoms with E-state index in [1.54, 1.807) is 21.0 Å². The number of aryl methyl sites for hydroxylation is 1. The highest BCUT2D eigenvalue weighted by Crippen LogP contribution is 2.18. The van der Waals surface area contributed by atoms with Crippen molar-refractivity contribution in [2.45, 2.75) is 20.8 Å². The molecule has 0 unspecified atom stereocenters. The number of hydrogen-bond acceptors (Lipinski definition) is 6. The second-order valence-corrected chi connectivity index (χ2v) is 4.83. The van der Waals surface area contributed by atoms with Crippen molar-refractivity contribution in [2.75, 3.05) is 19.1 Å². The van der Waals surface area contributed by atoms with Gasteiger partial charge in [-0.3, -0.25) is 10.5 Å². The fourth-order valence-corrected chi connectivity index (χ4v) is 2.00. The van der Waals surface area contributed by atoms with E-state index in [0.717, 1.165) is 17.0 Å². The molecule has 1 heterocycles. The van der Waals surface area contributed by atoms with Gasteiger partial charge >= 0.3 is 5.97 Å². The van der Waals surface area contributed by atoms with Gasteiger partial charge in [0.25, 0.3) is 0 Å². The van der Waals surface area contributed by atoms with Gasteiger partial charge in [-0.15, -0.1) is 0 Å². The van der Waals surface area contributed by atoms with E-state index in [1.165, 1.54) is 0 Å². The standard InChI is InChI=1S/C16H20N4O3/c1-5-23-16(21)14-11(3)18-20-15(14)19-17-10(2)12-6-8-13(22-4)9-7-12/h6-9H,5H2,1-4H3,(H2,18,19,20)/b17-10+. The predicted molar refractivity (Wildman–Crippen MR) is 88.1 cm³/mol. The molecule has 1 aromatic heterocycles. The number of methoxy groups -OCH3 is 1. The maximum atomic E-state index is 11.9. The third-order valence-corrected chi connectivity index (χ3v) is 3.26. The van der Waals surface area contributed by atoms with Crippen LogP contribution >= 0.6 is 0 Å². The quantitative estimate of drug-likeness (QED) is 0.486. The number of rotatable bonds is 6. The number of aromatic nitrogens is 2. The van der Waals surface area contributed by atoms with Crippen LogP contribution in [0.2, 0.25) is 0 Å². The van der Waals surface area contributed by atoms with Crippen molar-refractivity contribution in [3.05, 3.63) is 41.1 Å². The van der Waals surface area contributed by atoms with Crippen molar-refractivity contribution in [1.29, 1.82) is 0 Å². The van der Waals surface area contributed by atoms with E-state index < -0.39 is 5.97 Å². The van der Waals surface area contributed by atoms with Crippen LogP contribution in [-0.2, 0) is 4.74 Å². The minimum Gasteiger partial charge on any atom is -0.497 e. The van der Waals surface area contributed by atoms with Gasteiger partial charge in [-0.05, 0) is 50.6 Å². The number of aromatic amines is 1. The molecule has 23 heavy (non-hydrogen) atoms. The lowest BCUT2D eigenvalue weighted by Gasteiger charge is -2.05. The first kappa shape index (κ1) is 16.5. The zero-order valence-corrected chi connectivity index (χ0v) is 13.6. The molecule has 0 aliphatic carbocycles. The predicted octanol–water partition coefficient (Wildman–Crippen LogP) is 2.74. The highest BCUT2D eigenvalue weighted by molar-refractivity contribution is 6.00. The maximum Gasteiger partial charge on any atom is 0.343 e. The fraction of sp³-hybridized carbons (Fsp3) is 0.312. The summed E-state index contributed by atoms with van der Waals surface area (Å²) >= 11 is 0. The lowest BCUT2D eigenvalue weighted by Crippen LogP contribution is -2.08. The van der Waals surface area contributed by atoms with Gasteiger partial charge in [0.15, 0.2) is 5.82 Å². The Hall–Kier alpha value is -2.83. The summed E-state index contributed by atoms with van der Waals surface area (Å²) in [6.07, 6.45) is 0. The Morgan fingerprint density at radius 3 is 2.65 bits per heavy atom. The van der Waals surface area contributed by atoms with Crippen molar-refractivity contribution in [2.24, 2.45) is 5.10 Å². The van der Waals surface area contributed by atoms with Crippen LogP contribution in [0.3, 0.4) is 0 Å². The normalized spacial score (nSPS) is 11.2. The van der Waals surface area contributed by atoms with Crippen molar-refractivity contribution in [3.8, 4) is 5.75 Å². The number of carbonyl (C=O) groups excluding carboxylic acids is 1. The minimum atomic E-state index is -0.432. The van der Waals surface area contributed by atoms with Gasteiger partial charge in [0.2, 0.25) is 0 Å². The summed E-state index contributed by atoms with van der Waals surface area (Å²) in [6.45, 7) is 5.67. The number of H-pyrrole nitrogens is 1. The molecule has 122 valence electrons. The number of esters is 1. The summed E-state index contributed by atoms with van der Waals surface area (Å²) < 4.78 is 10.1. The van der Waals surface area contributed by atoms with Gasteiger partial charge in [0.05, 0.1) is 19.4 Å². The number of benzene rings is 1. The van der Waals surface area contributed by atoms with E-state index in [4.69, 9.17) is 9.47 Å². The molecule has 0 amide bonds. The van der Waals surface area contributed by atoms with Crippen molar-refractivity contribution in [3.63, 3.8) is 0 Å². The Morgan fingerprint density at radius 1 is 1.35 bits per heavy atom. The molecule has 2 aromatic rings. The molecule has 2 rings (SSSR count). The van der Waals surface area contributed by atoms with Crippen molar-refractivity contribution in [1.82, 2.24) is 10.2 Å². The topological polar surface area (TPSA) is 88.6 Å². The van der Waals surface area contributed by atoms with Crippen LogP contribution < -0.4 is 10.2 Å². The van der Waals surface area contributed by atoms with Crippen LogP contribution in [0.5, 0.6) is 5.75 Å². The highest BCUT2D eigenvalue weighted by atomic mass is 16.5. The first-order valence-corrected chi connectivity index (χ1v) is 7.23.